The Balaban J connectivity index is 2.08. The van der Waals surface area contributed by atoms with Crippen LogP contribution >= 0.6 is 11.6 Å². The molecule has 0 radical (unpaired) electrons. The van der Waals surface area contributed by atoms with E-state index in [4.69, 9.17) is 16.3 Å². The highest BCUT2D eigenvalue weighted by Crippen LogP contribution is 2.29. The van der Waals surface area contributed by atoms with Crippen LogP contribution in [-0.4, -0.2) is 15.1 Å². The van der Waals surface area contributed by atoms with Gasteiger partial charge >= 0.3 is 0 Å². The molecule has 2 rings (SSSR count). The Labute approximate surface area is 107 Å². The van der Waals surface area contributed by atoms with Crippen molar-refractivity contribution in [2.24, 2.45) is 0 Å². The van der Waals surface area contributed by atoms with E-state index in [0.29, 0.717) is 11.4 Å². The molecule has 2 aromatic rings. The lowest BCUT2D eigenvalue weighted by Gasteiger charge is -2.06. The van der Waals surface area contributed by atoms with Crippen LogP contribution in [0.5, 0.6) is 5.75 Å². The molecule has 1 aromatic heterocycles. The molecule has 7 heteroatoms. The molecule has 0 bridgehead atoms. The summed E-state index contributed by atoms with van der Waals surface area (Å²) in [4.78, 5) is 10.0. The van der Waals surface area contributed by atoms with Crippen molar-refractivity contribution in [2.75, 3.05) is 0 Å². The number of nitro benzene ring substituents is 1. The third-order valence-corrected chi connectivity index (χ3v) is 2.42. The quantitative estimate of drug-likeness (QED) is 0.627. The van der Waals surface area contributed by atoms with Gasteiger partial charge in [-0.2, -0.15) is 10.2 Å². The molecule has 0 spiro atoms. The van der Waals surface area contributed by atoms with Gasteiger partial charge in [0.1, 0.15) is 18.1 Å². The molecule has 0 aliphatic heterocycles. The maximum Gasteiger partial charge on any atom is 0.271 e. The van der Waals surface area contributed by atoms with E-state index in [1.807, 2.05) is 0 Å². The number of hydrogen-bond donors (Lipinski definition) is 0. The summed E-state index contributed by atoms with van der Waals surface area (Å²) >= 11 is 5.87. The first-order valence-corrected chi connectivity index (χ1v) is 5.38. The molecule has 18 heavy (non-hydrogen) atoms. The normalized spacial score (nSPS) is 10.1. The van der Waals surface area contributed by atoms with Gasteiger partial charge in [-0.25, -0.2) is 0 Å². The molecule has 6 nitrogen and oxygen atoms in total. The minimum Gasteiger partial charge on any atom is -0.486 e. The van der Waals surface area contributed by atoms with Gasteiger partial charge in [0.2, 0.25) is 0 Å². The number of nitrogens with zero attached hydrogens (tertiary/aromatic N) is 3. The number of nitro groups is 1. The van der Waals surface area contributed by atoms with Crippen LogP contribution in [0.25, 0.3) is 0 Å². The number of rotatable bonds is 4. The predicted octanol–water partition coefficient (Wildman–Crippen LogP) is 2.62. The Morgan fingerprint density at radius 2 is 2.22 bits per heavy atom. The molecule has 0 saturated heterocycles. The number of hydrogen-bond acceptors (Lipinski definition) is 5. The Kier molecular flexibility index (Phi) is 3.69. The Hall–Kier alpha value is -2.21. The fraction of sp³-hybridized carbons (Fsp3) is 0.0909. The Bertz CT molecular complexity index is 563. The van der Waals surface area contributed by atoms with E-state index in [2.05, 4.69) is 10.2 Å². The van der Waals surface area contributed by atoms with Gasteiger partial charge < -0.3 is 4.74 Å². The second-order valence-electron chi connectivity index (χ2n) is 3.38. The lowest BCUT2D eigenvalue weighted by atomic mass is 10.3. The van der Waals surface area contributed by atoms with Gasteiger partial charge in [-0.05, 0) is 18.2 Å². The summed E-state index contributed by atoms with van der Waals surface area (Å²) in [6.45, 7) is 0.200. The molecule has 0 amide bonds. The maximum atomic E-state index is 10.5. The number of benzene rings is 1. The fourth-order valence-electron chi connectivity index (χ4n) is 1.28. The first kappa shape index (κ1) is 12.3. The van der Waals surface area contributed by atoms with Crippen molar-refractivity contribution in [3.8, 4) is 5.75 Å². The third-order valence-electron chi connectivity index (χ3n) is 2.13. The number of ether oxygens (including phenoxy) is 1. The van der Waals surface area contributed by atoms with E-state index in [9.17, 15) is 10.1 Å². The van der Waals surface area contributed by atoms with Crippen molar-refractivity contribution in [3.63, 3.8) is 0 Å². The number of aromatic nitrogens is 2. The topological polar surface area (TPSA) is 78.2 Å². The van der Waals surface area contributed by atoms with Crippen LogP contribution < -0.4 is 4.74 Å². The molecule has 0 saturated carbocycles. The first-order valence-electron chi connectivity index (χ1n) is 5.00. The maximum absolute atomic E-state index is 10.5. The van der Waals surface area contributed by atoms with Crippen LogP contribution in [-0.2, 0) is 6.61 Å². The van der Waals surface area contributed by atoms with Crippen molar-refractivity contribution in [2.45, 2.75) is 6.61 Å². The zero-order valence-electron chi connectivity index (χ0n) is 9.12. The van der Waals surface area contributed by atoms with Gasteiger partial charge in [0, 0.05) is 18.3 Å². The summed E-state index contributed by atoms with van der Waals surface area (Å²) in [6.07, 6.45) is 1.56. The van der Waals surface area contributed by atoms with E-state index in [1.54, 1.807) is 18.3 Å². The van der Waals surface area contributed by atoms with Gasteiger partial charge in [0.25, 0.3) is 5.69 Å². The monoisotopic (exact) mass is 265 g/mol. The van der Waals surface area contributed by atoms with Crippen molar-refractivity contribution in [1.82, 2.24) is 10.2 Å². The third kappa shape index (κ3) is 2.92. The average Bonchev–Trinajstić information content (AvgIpc) is 2.38. The lowest BCUT2D eigenvalue weighted by molar-refractivity contribution is -0.384. The minimum atomic E-state index is -0.516. The molecular formula is C11H8ClN3O3. The molecule has 0 N–H and O–H groups in total. The molecular weight excluding hydrogens is 258 g/mol. The van der Waals surface area contributed by atoms with E-state index in [-0.39, 0.29) is 17.3 Å². The summed E-state index contributed by atoms with van der Waals surface area (Å²) in [5.41, 5.74) is 0.568. The minimum absolute atomic E-state index is 0.0770. The van der Waals surface area contributed by atoms with Gasteiger partial charge in [-0.15, -0.1) is 0 Å². The van der Waals surface area contributed by atoms with Gasteiger partial charge in [-0.3, -0.25) is 10.1 Å². The molecule has 1 heterocycles. The van der Waals surface area contributed by atoms with Crippen LogP contribution in [0, 0.1) is 10.1 Å². The smallest absolute Gasteiger partial charge is 0.271 e. The summed E-state index contributed by atoms with van der Waals surface area (Å²) < 4.78 is 5.40. The second-order valence-corrected chi connectivity index (χ2v) is 3.78. The van der Waals surface area contributed by atoms with Gasteiger partial charge in [-0.1, -0.05) is 11.6 Å². The molecule has 0 atom stereocenters. The van der Waals surface area contributed by atoms with Crippen LogP contribution in [0.15, 0.2) is 36.5 Å². The van der Waals surface area contributed by atoms with Crippen LogP contribution in [0.3, 0.4) is 0 Å². The largest absolute Gasteiger partial charge is 0.486 e. The van der Waals surface area contributed by atoms with Gasteiger partial charge in [0.05, 0.1) is 9.95 Å². The molecule has 1 aromatic carbocycles. The molecule has 0 unspecified atom stereocenters. The highest BCUT2D eigenvalue weighted by molar-refractivity contribution is 6.32. The van der Waals surface area contributed by atoms with E-state index >= 15 is 0 Å². The van der Waals surface area contributed by atoms with E-state index in [0.717, 1.165) is 0 Å². The second kappa shape index (κ2) is 5.42. The van der Waals surface area contributed by atoms with Crippen molar-refractivity contribution in [1.29, 1.82) is 0 Å². The summed E-state index contributed by atoms with van der Waals surface area (Å²) in [7, 11) is 0. The average molecular weight is 266 g/mol. The highest BCUT2D eigenvalue weighted by Gasteiger charge is 2.10. The van der Waals surface area contributed by atoms with Crippen molar-refractivity contribution < 1.29 is 9.66 Å². The number of non-ortho nitro benzene ring substituents is 1. The number of halogens is 1. The first-order chi connectivity index (χ1) is 8.66. The summed E-state index contributed by atoms with van der Waals surface area (Å²) in [5.74, 6) is 0.368. The Morgan fingerprint density at radius 1 is 1.39 bits per heavy atom. The van der Waals surface area contributed by atoms with Gasteiger partial charge in [0.15, 0.2) is 0 Å². The highest BCUT2D eigenvalue weighted by atomic mass is 35.5. The van der Waals surface area contributed by atoms with E-state index in [1.165, 1.54) is 18.2 Å². The van der Waals surface area contributed by atoms with Crippen LogP contribution in [0.2, 0.25) is 5.02 Å². The standard InChI is InChI=1S/C11H8ClN3O3/c12-10-6-9(15(16)17)3-4-11(10)18-7-8-2-1-5-13-14-8/h1-6H,7H2. The molecule has 92 valence electrons. The van der Waals surface area contributed by atoms with Crippen LogP contribution in [0.1, 0.15) is 5.69 Å². The zero-order valence-corrected chi connectivity index (χ0v) is 9.87. The SMILES string of the molecule is O=[N+]([O-])c1ccc(OCc2cccnn2)c(Cl)c1. The van der Waals surface area contributed by atoms with Crippen molar-refractivity contribution >= 4 is 17.3 Å². The lowest BCUT2D eigenvalue weighted by Crippen LogP contribution is -1.99. The summed E-state index contributed by atoms with van der Waals surface area (Å²) in [6, 6.07) is 7.53. The molecule has 0 fully saturated rings. The summed E-state index contributed by atoms with van der Waals surface area (Å²) in [5, 5.41) is 18.3. The fourth-order valence-corrected chi connectivity index (χ4v) is 1.51. The predicted molar refractivity (Wildman–Crippen MR) is 64.5 cm³/mol. The molecule has 0 aliphatic carbocycles. The van der Waals surface area contributed by atoms with E-state index < -0.39 is 4.92 Å². The van der Waals surface area contributed by atoms with Crippen molar-refractivity contribution in [3.05, 3.63) is 57.4 Å². The molecule has 0 aliphatic rings. The zero-order chi connectivity index (χ0) is 13.0. The van der Waals surface area contributed by atoms with Crippen LogP contribution in [0.4, 0.5) is 5.69 Å². The Morgan fingerprint density at radius 3 is 2.83 bits per heavy atom.